The van der Waals surface area contributed by atoms with E-state index in [0.717, 1.165) is 11.1 Å². The van der Waals surface area contributed by atoms with Crippen molar-refractivity contribution in [3.8, 4) is 11.1 Å². The molecule has 4 heteroatoms. The third-order valence-corrected chi connectivity index (χ3v) is 3.04. The number of carbonyl (C=O) groups excluding carboxylic acids is 2. The smallest absolute Gasteiger partial charge is 0.207 e. The summed E-state index contributed by atoms with van der Waals surface area (Å²) in [5.74, 6) is -0.270. The van der Waals surface area contributed by atoms with Crippen molar-refractivity contribution in [3.63, 3.8) is 0 Å². The van der Waals surface area contributed by atoms with Crippen LogP contribution in [-0.4, -0.2) is 18.7 Å². The normalized spacial score (nSPS) is 11.7. The zero-order valence-electron chi connectivity index (χ0n) is 10.8. The van der Waals surface area contributed by atoms with Crippen LogP contribution in [0, 0.1) is 5.82 Å². The molecule has 1 unspecified atom stereocenters. The molecule has 1 N–H and O–H groups in total. The van der Waals surface area contributed by atoms with Gasteiger partial charge >= 0.3 is 0 Å². The van der Waals surface area contributed by atoms with E-state index in [1.807, 2.05) is 12.1 Å². The van der Waals surface area contributed by atoms with Gasteiger partial charge in [0.05, 0.1) is 6.04 Å². The van der Waals surface area contributed by atoms with Crippen LogP contribution in [-0.2, 0) is 16.0 Å². The van der Waals surface area contributed by atoms with E-state index in [1.165, 1.54) is 6.07 Å². The number of halogens is 1. The van der Waals surface area contributed by atoms with Gasteiger partial charge < -0.3 is 10.1 Å². The Kier molecular flexibility index (Phi) is 4.60. The Hall–Kier alpha value is -2.49. The molecule has 0 aliphatic heterocycles. The molecule has 2 aromatic carbocycles. The quantitative estimate of drug-likeness (QED) is 0.820. The van der Waals surface area contributed by atoms with Crippen molar-refractivity contribution in [2.24, 2.45) is 0 Å². The summed E-state index contributed by atoms with van der Waals surface area (Å²) >= 11 is 0. The number of rotatable bonds is 6. The molecular formula is C16H14FNO2. The van der Waals surface area contributed by atoms with Gasteiger partial charge in [0.25, 0.3) is 0 Å². The van der Waals surface area contributed by atoms with Crippen LogP contribution in [0.4, 0.5) is 4.39 Å². The molecule has 0 aliphatic rings. The molecule has 2 rings (SSSR count). The largest absolute Gasteiger partial charge is 0.349 e. The van der Waals surface area contributed by atoms with Crippen LogP contribution < -0.4 is 5.32 Å². The number of aldehydes is 1. The van der Waals surface area contributed by atoms with Crippen molar-refractivity contribution in [2.45, 2.75) is 12.5 Å². The molecule has 102 valence electrons. The van der Waals surface area contributed by atoms with Gasteiger partial charge in [0.15, 0.2) is 0 Å². The first-order valence-corrected chi connectivity index (χ1v) is 6.23. The molecule has 3 nitrogen and oxygen atoms in total. The molecule has 0 saturated heterocycles. The van der Waals surface area contributed by atoms with Crippen molar-refractivity contribution in [3.05, 3.63) is 59.9 Å². The van der Waals surface area contributed by atoms with Gasteiger partial charge in [-0.2, -0.15) is 0 Å². The number of hydrogen-bond acceptors (Lipinski definition) is 2. The van der Waals surface area contributed by atoms with Crippen LogP contribution in [0.25, 0.3) is 11.1 Å². The Morgan fingerprint density at radius 1 is 1.05 bits per heavy atom. The molecule has 0 radical (unpaired) electrons. The van der Waals surface area contributed by atoms with Gasteiger partial charge in [0.2, 0.25) is 6.41 Å². The van der Waals surface area contributed by atoms with Crippen LogP contribution in [0.1, 0.15) is 5.56 Å². The van der Waals surface area contributed by atoms with Crippen LogP contribution in [0.3, 0.4) is 0 Å². The summed E-state index contributed by atoms with van der Waals surface area (Å²) in [5.41, 5.74) is 2.21. The zero-order chi connectivity index (χ0) is 14.4. The first kappa shape index (κ1) is 13.9. The minimum absolute atomic E-state index is 0.270. The lowest BCUT2D eigenvalue weighted by Crippen LogP contribution is -2.31. The maximum atomic E-state index is 13.6. The van der Waals surface area contributed by atoms with Crippen molar-refractivity contribution >= 4 is 12.7 Å². The molecule has 0 fully saturated rings. The second-order valence-corrected chi connectivity index (χ2v) is 4.41. The molecule has 1 atom stereocenters. The van der Waals surface area contributed by atoms with E-state index in [2.05, 4.69) is 5.32 Å². The monoisotopic (exact) mass is 271 g/mol. The third kappa shape index (κ3) is 3.29. The Morgan fingerprint density at radius 3 is 2.35 bits per heavy atom. The lowest BCUT2D eigenvalue weighted by Gasteiger charge is -2.10. The lowest BCUT2D eigenvalue weighted by atomic mass is 10.0. The highest BCUT2D eigenvalue weighted by Gasteiger charge is 2.08. The Labute approximate surface area is 116 Å². The fraction of sp³-hybridized carbons (Fsp3) is 0.125. The van der Waals surface area contributed by atoms with E-state index in [4.69, 9.17) is 0 Å². The molecular weight excluding hydrogens is 257 g/mol. The molecule has 0 aliphatic carbocycles. The van der Waals surface area contributed by atoms with Crippen molar-refractivity contribution < 1.29 is 14.0 Å². The number of amides is 1. The van der Waals surface area contributed by atoms with E-state index < -0.39 is 6.04 Å². The van der Waals surface area contributed by atoms with E-state index in [0.29, 0.717) is 24.7 Å². The van der Waals surface area contributed by atoms with Crippen molar-refractivity contribution in [1.82, 2.24) is 5.32 Å². The van der Waals surface area contributed by atoms with E-state index in [9.17, 15) is 14.0 Å². The number of carbonyl (C=O) groups is 2. The summed E-state index contributed by atoms with van der Waals surface area (Å²) in [5, 5.41) is 2.43. The molecule has 1 amide bonds. The topological polar surface area (TPSA) is 46.2 Å². The predicted octanol–water partition coefficient (Wildman–Crippen LogP) is 2.35. The molecule has 0 aromatic heterocycles. The highest BCUT2D eigenvalue weighted by atomic mass is 19.1. The zero-order valence-corrected chi connectivity index (χ0v) is 10.8. The summed E-state index contributed by atoms with van der Waals surface area (Å²) in [7, 11) is 0. The van der Waals surface area contributed by atoms with Gasteiger partial charge in [-0.1, -0.05) is 42.5 Å². The van der Waals surface area contributed by atoms with Crippen LogP contribution in [0.15, 0.2) is 48.5 Å². The fourth-order valence-electron chi connectivity index (χ4n) is 2.00. The standard InChI is InChI=1S/C16H14FNO2/c17-16-4-2-1-3-15(16)13-7-5-12(6-8-13)9-14(10-19)18-11-20/h1-8,10-11,14H,9H2,(H,18,20). The van der Waals surface area contributed by atoms with Gasteiger partial charge in [0, 0.05) is 5.56 Å². The maximum absolute atomic E-state index is 13.6. The van der Waals surface area contributed by atoms with Crippen LogP contribution in [0.5, 0.6) is 0 Å². The second-order valence-electron chi connectivity index (χ2n) is 4.41. The molecule has 0 spiro atoms. The summed E-state index contributed by atoms with van der Waals surface area (Å²) in [6.45, 7) is 0. The number of benzene rings is 2. The van der Waals surface area contributed by atoms with Gasteiger partial charge in [-0.05, 0) is 23.6 Å². The van der Waals surface area contributed by atoms with E-state index in [1.54, 1.807) is 30.3 Å². The highest BCUT2D eigenvalue weighted by Crippen LogP contribution is 2.22. The lowest BCUT2D eigenvalue weighted by molar-refractivity contribution is -0.115. The average molecular weight is 271 g/mol. The Morgan fingerprint density at radius 2 is 1.75 bits per heavy atom. The predicted molar refractivity (Wildman–Crippen MR) is 74.6 cm³/mol. The van der Waals surface area contributed by atoms with Gasteiger partial charge in [-0.25, -0.2) is 4.39 Å². The Bertz CT molecular complexity index is 596. The third-order valence-electron chi connectivity index (χ3n) is 3.04. The summed E-state index contributed by atoms with van der Waals surface area (Å²) in [4.78, 5) is 21.1. The fourth-order valence-corrected chi connectivity index (χ4v) is 2.00. The van der Waals surface area contributed by atoms with E-state index in [-0.39, 0.29) is 5.82 Å². The molecule has 0 saturated carbocycles. The van der Waals surface area contributed by atoms with Crippen LogP contribution in [0.2, 0.25) is 0 Å². The molecule has 20 heavy (non-hydrogen) atoms. The summed E-state index contributed by atoms with van der Waals surface area (Å²) < 4.78 is 13.6. The van der Waals surface area contributed by atoms with Gasteiger partial charge in [-0.3, -0.25) is 4.79 Å². The van der Waals surface area contributed by atoms with Crippen LogP contribution >= 0.6 is 0 Å². The second kappa shape index (κ2) is 6.61. The average Bonchev–Trinajstić information content (AvgIpc) is 2.48. The minimum Gasteiger partial charge on any atom is -0.349 e. The van der Waals surface area contributed by atoms with Crippen molar-refractivity contribution in [2.75, 3.05) is 0 Å². The van der Waals surface area contributed by atoms with Crippen molar-refractivity contribution in [1.29, 1.82) is 0 Å². The summed E-state index contributed by atoms with van der Waals surface area (Å²) in [6.07, 6.45) is 1.62. The SMILES string of the molecule is O=CNC(C=O)Cc1ccc(-c2ccccc2F)cc1. The van der Waals surface area contributed by atoms with Gasteiger partial charge in [0.1, 0.15) is 12.1 Å². The number of hydrogen-bond donors (Lipinski definition) is 1. The first-order chi connectivity index (χ1) is 9.74. The van der Waals surface area contributed by atoms with Gasteiger partial charge in [-0.15, -0.1) is 0 Å². The van der Waals surface area contributed by atoms with E-state index >= 15 is 0 Å². The molecule has 0 heterocycles. The Balaban J connectivity index is 2.16. The summed E-state index contributed by atoms with van der Waals surface area (Å²) in [6, 6.07) is 13.3. The minimum atomic E-state index is -0.535. The molecule has 2 aromatic rings. The maximum Gasteiger partial charge on any atom is 0.207 e. The highest BCUT2D eigenvalue weighted by molar-refractivity contribution is 5.66. The number of nitrogens with one attached hydrogen (secondary N) is 1. The first-order valence-electron chi connectivity index (χ1n) is 6.23. The molecule has 0 bridgehead atoms.